The number of rotatable bonds is 8. The van der Waals surface area contributed by atoms with E-state index >= 15 is 0 Å². The fraction of sp³-hybridized carbons (Fsp3) is 0.750. The molecule has 0 aromatic carbocycles. The topological polar surface area (TPSA) is 72.5 Å². The molecule has 5 nitrogen and oxygen atoms in total. The Hall–Kier alpha value is -1.23. The van der Waals surface area contributed by atoms with Gasteiger partial charge in [0.05, 0.1) is 13.0 Å². The Bertz CT molecular complexity index is 297. The zero-order chi connectivity index (χ0) is 13.5. The van der Waals surface area contributed by atoms with E-state index in [0.717, 1.165) is 0 Å². The van der Waals surface area contributed by atoms with Crippen molar-refractivity contribution in [1.29, 1.82) is 0 Å². The van der Waals surface area contributed by atoms with Crippen LogP contribution in [0.2, 0.25) is 0 Å². The number of amides is 1. The van der Waals surface area contributed by atoms with Gasteiger partial charge in [0.2, 0.25) is 5.91 Å². The van der Waals surface area contributed by atoms with Crippen molar-refractivity contribution in [3.05, 3.63) is 0 Å². The number of hydrogen-bond donors (Lipinski definition) is 1. The van der Waals surface area contributed by atoms with E-state index in [2.05, 4.69) is 5.32 Å². The predicted octanol–water partition coefficient (Wildman–Crippen LogP) is 0.856. The van der Waals surface area contributed by atoms with Crippen molar-refractivity contribution in [2.75, 3.05) is 13.2 Å². The molecule has 5 heteroatoms. The number of ether oxygens (including phenoxy) is 1. The number of carbonyl (C=O) groups excluding carboxylic acids is 3. The van der Waals surface area contributed by atoms with Crippen LogP contribution in [0.4, 0.5) is 0 Å². The second-order valence-corrected chi connectivity index (χ2v) is 4.36. The van der Waals surface area contributed by atoms with Crippen molar-refractivity contribution >= 4 is 17.5 Å². The molecule has 0 radical (unpaired) electrons. The molecule has 0 aliphatic carbocycles. The lowest BCUT2D eigenvalue weighted by atomic mass is 9.99. The van der Waals surface area contributed by atoms with Crippen molar-refractivity contribution < 1.29 is 19.1 Å². The molecular weight excluding hydrogens is 222 g/mol. The second kappa shape index (κ2) is 7.17. The van der Waals surface area contributed by atoms with E-state index < -0.39 is 5.60 Å². The molecule has 98 valence electrons. The third-order valence-corrected chi connectivity index (χ3v) is 2.29. The Morgan fingerprint density at radius 2 is 1.82 bits per heavy atom. The van der Waals surface area contributed by atoms with Gasteiger partial charge in [-0.2, -0.15) is 0 Å². The number of Topliss-reactive ketones (excluding diaryl/α,β-unsaturated/α-hetero) is 2. The summed E-state index contributed by atoms with van der Waals surface area (Å²) in [7, 11) is 0. The summed E-state index contributed by atoms with van der Waals surface area (Å²) in [5, 5.41) is 2.64. The van der Waals surface area contributed by atoms with Crippen LogP contribution in [0.15, 0.2) is 0 Å². The molecule has 17 heavy (non-hydrogen) atoms. The third-order valence-electron chi connectivity index (χ3n) is 2.29. The lowest BCUT2D eigenvalue weighted by Gasteiger charge is -2.23. The van der Waals surface area contributed by atoms with Crippen molar-refractivity contribution in [2.45, 2.75) is 46.1 Å². The third kappa shape index (κ3) is 6.84. The monoisotopic (exact) mass is 243 g/mol. The predicted molar refractivity (Wildman–Crippen MR) is 63.6 cm³/mol. The molecule has 0 bridgehead atoms. The molecule has 1 N–H and O–H groups in total. The average molecular weight is 243 g/mol. The first-order chi connectivity index (χ1) is 7.79. The van der Waals surface area contributed by atoms with Crippen molar-refractivity contribution in [1.82, 2.24) is 5.32 Å². The van der Waals surface area contributed by atoms with E-state index in [1.807, 2.05) is 0 Å². The maximum absolute atomic E-state index is 11.6. The molecule has 0 aliphatic heterocycles. The van der Waals surface area contributed by atoms with Crippen LogP contribution in [0.1, 0.15) is 40.5 Å². The van der Waals surface area contributed by atoms with Crippen LogP contribution in [0.25, 0.3) is 0 Å². The van der Waals surface area contributed by atoms with Crippen LogP contribution >= 0.6 is 0 Å². The number of ketones is 2. The highest BCUT2D eigenvalue weighted by Crippen LogP contribution is 2.12. The highest BCUT2D eigenvalue weighted by Gasteiger charge is 2.28. The zero-order valence-electron chi connectivity index (χ0n) is 11.0. The Labute approximate surface area is 102 Å². The molecule has 0 spiro atoms. The average Bonchev–Trinajstić information content (AvgIpc) is 2.23. The number of carbonyl (C=O) groups is 3. The van der Waals surface area contributed by atoms with Gasteiger partial charge in [0.25, 0.3) is 0 Å². The summed E-state index contributed by atoms with van der Waals surface area (Å²) in [6.45, 7) is 7.00. The molecule has 0 fully saturated rings. The van der Waals surface area contributed by atoms with E-state index in [-0.39, 0.29) is 30.5 Å². The quantitative estimate of drug-likeness (QED) is 0.507. The Kier molecular flexibility index (Phi) is 6.65. The molecule has 1 amide bonds. The van der Waals surface area contributed by atoms with Crippen molar-refractivity contribution in [3.8, 4) is 0 Å². The standard InChI is InChI=1S/C12H21NO4/c1-5-11(16)13-6-7-17-12(3,4)10(15)8-9(2)14/h5-8H2,1-4H3,(H,13,16). The Morgan fingerprint density at radius 3 is 2.29 bits per heavy atom. The first kappa shape index (κ1) is 15.8. The molecule has 0 heterocycles. The van der Waals surface area contributed by atoms with Crippen LogP contribution in [-0.2, 0) is 19.1 Å². The number of hydrogen-bond acceptors (Lipinski definition) is 4. The molecule has 0 saturated carbocycles. The van der Waals surface area contributed by atoms with E-state index in [9.17, 15) is 14.4 Å². The Morgan fingerprint density at radius 1 is 1.24 bits per heavy atom. The van der Waals surface area contributed by atoms with E-state index in [1.54, 1.807) is 20.8 Å². The summed E-state index contributed by atoms with van der Waals surface area (Å²) < 4.78 is 5.37. The van der Waals surface area contributed by atoms with E-state index in [0.29, 0.717) is 13.0 Å². The van der Waals surface area contributed by atoms with Gasteiger partial charge in [-0.1, -0.05) is 6.92 Å². The lowest BCUT2D eigenvalue weighted by molar-refractivity contribution is -0.142. The molecule has 0 aliphatic rings. The summed E-state index contributed by atoms with van der Waals surface area (Å²) >= 11 is 0. The van der Waals surface area contributed by atoms with Gasteiger partial charge in [-0.05, 0) is 20.8 Å². The minimum Gasteiger partial charge on any atom is -0.366 e. The minimum atomic E-state index is -0.984. The van der Waals surface area contributed by atoms with Crippen molar-refractivity contribution in [2.24, 2.45) is 0 Å². The van der Waals surface area contributed by atoms with Crippen LogP contribution in [0.3, 0.4) is 0 Å². The van der Waals surface area contributed by atoms with Crippen LogP contribution in [0.5, 0.6) is 0 Å². The summed E-state index contributed by atoms with van der Waals surface area (Å²) in [5.41, 5.74) is -0.984. The highest BCUT2D eigenvalue weighted by molar-refractivity contribution is 6.01. The van der Waals surface area contributed by atoms with Gasteiger partial charge in [0.15, 0.2) is 5.78 Å². The molecule has 0 aromatic rings. The summed E-state index contributed by atoms with van der Waals surface area (Å²) in [5.74, 6) is -0.473. The van der Waals surface area contributed by atoms with Crippen LogP contribution < -0.4 is 5.32 Å². The van der Waals surface area contributed by atoms with E-state index in [4.69, 9.17) is 4.74 Å². The molecule has 0 atom stereocenters. The van der Waals surface area contributed by atoms with Gasteiger partial charge in [0.1, 0.15) is 11.4 Å². The normalized spacial score (nSPS) is 11.1. The molecule has 0 rings (SSSR count). The molecule has 0 saturated heterocycles. The maximum Gasteiger partial charge on any atom is 0.219 e. The van der Waals surface area contributed by atoms with Gasteiger partial charge in [0, 0.05) is 13.0 Å². The summed E-state index contributed by atoms with van der Waals surface area (Å²) in [6, 6.07) is 0. The van der Waals surface area contributed by atoms with Gasteiger partial charge < -0.3 is 10.1 Å². The molecule has 0 aromatic heterocycles. The molecular formula is C12H21NO4. The second-order valence-electron chi connectivity index (χ2n) is 4.36. The van der Waals surface area contributed by atoms with Gasteiger partial charge in [-0.15, -0.1) is 0 Å². The Balaban J connectivity index is 3.96. The highest BCUT2D eigenvalue weighted by atomic mass is 16.5. The van der Waals surface area contributed by atoms with Gasteiger partial charge in [-0.25, -0.2) is 0 Å². The summed E-state index contributed by atoms with van der Waals surface area (Å²) in [6.07, 6.45) is 0.307. The van der Waals surface area contributed by atoms with Crippen LogP contribution in [-0.4, -0.2) is 36.2 Å². The number of nitrogens with one attached hydrogen (secondary N) is 1. The SMILES string of the molecule is CCC(=O)NCCOC(C)(C)C(=O)CC(C)=O. The maximum atomic E-state index is 11.6. The minimum absolute atomic E-state index is 0.0542. The van der Waals surface area contributed by atoms with E-state index in [1.165, 1.54) is 6.92 Å². The fourth-order valence-electron chi connectivity index (χ4n) is 1.14. The fourth-order valence-corrected chi connectivity index (χ4v) is 1.14. The van der Waals surface area contributed by atoms with Crippen molar-refractivity contribution in [3.63, 3.8) is 0 Å². The van der Waals surface area contributed by atoms with Gasteiger partial charge in [-0.3, -0.25) is 14.4 Å². The molecule has 0 unspecified atom stereocenters. The summed E-state index contributed by atoms with van der Waals surface area (Å²) in [4.78, 5) is 33.4. The zero-order valence-corrected chi connectivity index (χ0v) is 11.0. The lowest BCUT2D eigenvalue weighted by Crippen LogP contribution is -2.38. The van der Waals surface area contributed by atoms with Crippen LogP contribution in [0, 0.1) is 0 Å². The van der Waals surface area contributed by atoms with Gasteiger partial charge >= 0.3 is 0 Å². The first-order valence-electron chi connectivity index (χ1n) is 5.73. The largest absolute Gasteiger partial charge is 0.366 e. The first-order valence-corrected chi connectivity index (χ1v) is 5.73. The smallest absolute Gasteiger partial charge is 0.219 e.